The van der Waals surface area contributed by atoms with Crippen LogP contribution in [0.15, 0.2) is 35.7 Å². The number of aromatic nitrogens is 3. The van der Waals surface area contributed by atoms with E-state index < -0.39 is 22.9 Å². The van der Waals surface area contributed by atoms with Crippen LogP contribution >= 0.6 is 22.9 Å². The van der Waals surface area contributed by atoms with Crippen molar-refractivity contribution in [1.82, 2.24) is 19.7 Å². The quantitative estimate of drug-likeness (QED) is 0.404. The van der Waals surface area contributed by atoms with Gasteiger partial charge in [0.2, 0.25) is 5.91 Å². The molecule has 182 valence electrons. The Hall–Kier alpha value is -2.39. The minimum absolute atomic E-state index is 0.135. The van der Waals surface area contributed by atoms with Crippen molar-refractivity contribution < 1.29 is 18.0 Å². The molecule has 1 aromatic carbocycles. The third kappa shape index (κ3) is 5.30. The van der Waals surface area contributed by atoms with Gasteiger partial charge in [0.25, 0.3) is 0 Å². The molecule has 1 fully saturated rings. The fourth-order valence-corrected chi connectivity index (χ4v) is 5.57. The van der Waals surface area contributed by atoms with Crippen LogP contribution in [0.5, 0.6) is 0 Å². The molecule has 10 heteroatoms. The van der Waals surface area contributed by atoms with E-state index in [2.05, 4.69) is 22.6 Å². The second-order valence-electron chi connectivity index (χ2n) is 8.63. The van der Waals surface area contributed by atoms with Gasteiger partial charge in [-0.1, -0.05) is 41.9 Å². The molecule has 1 atom stereocenters. The third-order valence-electron chi connectivity index (χ3n) is 6.31. The summed E-state index contributed by atoms with van der Waals surface area (Å²) in [6, 6.07) is 9.44. The number of carbonyl (C=O) groups is 1. The second kappa shape index (κ2) is 10.1. The van der Waals surface area contributed by atoms with Crippen LogP contribution in [0.3, 0.4) is 0 Å². The number of aryl methyl sites for hydroxylation is 2. The van der Waals surface area contributed by atoms with Crippen molar-refractivity contribution in [3.05, 3.63) is 68.4 Å². The van der Waals surface area contributed by atoms with Crippen molar-refractivity contribution in [2.45, 2.75) is 57.7 Å². The molecule has 3 aromatic rings. The summed E-state index contributed by atoms with van der Waals surface area (Å²) >= 11 is 7.51. The first kappa shape index (κ1) is 24.7. The maximum absolute atomic E-state index is 13.1. The molecule has 0 bridgehead atoms. The van der Waals surface area contributed by atoms with E-state index in [1.54, 1.807) is 23.2 Å². The van der Waals surface area contributed by atoms with Crippen LogP contribution in [-0.4, -0.2) is 38.7 Å². The number of benzene rings is 1. The summed E-state index contributed by atoms with van der Waals surface area (Å²) in [5, 5.41) is 6.35. The summed E-state index contributed by atoms with van der Waals surface area (Å²) in [4.78, 5) is 19.5. The Kier molecular flexibility index (Phi) is 7.33. The average molecular weight is 511 g/mol. The van der Waals surface area contributed by atoms with Crippen molar-refractivity contribution in [2.24, 2.45) is 0 Å². The van der Waals surface area contributed by atoms with Gasteiger partial charge in [0.1, 0.15) is 6.04 Å². The molecule has 2 aromatic heterocycles. The maximum atomic E-state index is 13.1. The number of likely N-dealkylation sites (tertiary alicyclic amines) is 1. The molecule has 4 rings (SSSR count). The number of nitrogens with zero attached hydrogens (tertiary/aromatic N) is 4. The van der Waals surface area contributed by atoms with E-state index in [0.29, 0.717) is 13.1 Å². The van der Waals surface area contributed by atoms with Crippen LogP contribution in [0.2, 0.25) is 5.02 Å². The largest absolute Gasteiger partial charge is 0.436 e. The van der Waals surface area contributed by atoms with E-state index in [0.717, 1.165) is 41.1 Å². The molecule has 1 unspecified atom stereocenters. The molecule has 1 amide bonds. The molecule has 34 heavy (non-hydrogen) atoms. The van der Waals surface area contributed by atoms with Crippen molar-refractivity contribution >= 4 is 28.8 Å². The predicted molar refractivity (Wildman–Crippen MR) is 126 cm³/mol. The highest BCUT2D eigenvalue weighted by Gasteiger charge is 2.39. The first-order valence-corrected chi connectivity index (χ1v) is 12.5. The molecular weight excluding hydrogens is 485 g/mol. The van der Waals surface area contributed by atoms with Crippen LogP contribution in [0.25, 0.3) is 0 Å². The van der Waals surface area contributed by atoms with Gasteiger partial charge in [0.05, 0.1) is 21.4 Å². The fourth-order valence-electron chi connectivity index (χ4n) is 4.31. The second-order valence-corrected chi connectivity index (χ2v) is 9.90. The third-order valence-corrected chi connectivity index (χ3v) is 7.82. The lowest BCUT2D eigenvalue weighted by Gasteiger charge is -2.33. The topological polar surface area (TPSA) is 51.0 Å². The van der Waals surface area contributed by atoms with Gasteiger partial charge in [-0.25, -0.2) is 4.98 Å². The summed E-state index contributed by atoms with van der Waals surface area (Å²) in [7, 11) is 0. The van der Waals surface area contributed by atoms with Crippen molar-refractivity contribution in [1.29, 1.82) is 0 Å². The molecule has 3 heterocycles. The molecule has 0 N–H and O–H groups in total. The Balaban J connectivity index is 1.34. The Labute approximate surface area is 205 Å². The molecule has 1 aliphatic heterocycles. The van der Waals surface area contributed by atoms with E-state index >= 15 is 0 Å². The SMILES string of the molecule is Cc1c(Cl)c(C(F)(F)F)nn1C(C)C(=O)N1CCC(c2nc(CCc3ccccc3)cs2)CC1. The lowest BCUT2D eigenvalue weighted by atomic mass is 9.97. The zero-order valence-electron chi connectivity index (χ0n) is 19.0. The van der Waals surface area contributed by atoms with Gasteiger partial charge in [-0.05, 0) is 45.1 Å². The fraction of sp³-hybridized carbons (Fsp3) is 0.458. The van der Waals surface area contributed by atoms with E-state index in [-0.39, 0.29) is 17.5 Å². The molecule has 0 saturated carbocycles. The molecule has 1 aliphatic rings. The monoisotopic (exact) mass is 510 g/mol. The smallest absolute Gasteiger partial charge is 0.341 e. The number of hydrogen-bond donors (Lipinski definition) is 0. The van der Waals surface area contributed by atoms with Crippen molar-refractivity contribution in [2.75, 3.05) is 13.1 Å². The molecular formula is C24H26ClF3N4OS. The number of thiazole rings is 1. The predicted octanol–water partition coefficient (Wildman–Crippen LogP) is 6.07. The zero-order valence-corrected chi connectivity index (χ0v) is 20.6. The first-order valence-electron chi connectivity index (χ1n) is 11.2. The highest BCUT2D eigenvalue weighted by molar-refractivity contribution is 7.09. The number of amides is 1. The van der Waals surface area contributed by atoms with E-state index in [1.807, 2.05) is 18.2 Å². The Morgan fingerprint density at radius 1 is 1.21 bits per heavy atom. The Morgan fingerprint density at radius 3 is 2.50 bits per heavy atom. The van der Waals surface area contributed by atoms with Crippen LogP contribution < -0.4 is 0 Å². The lowest BCUT2D eigenvalue weighted by molar-refractivity contribution is -0.142. The highest BCUT2D eigenvalue weighted by Crippen LogP contribution is 2.37. The van der Waals surface area contributed by atoms with Crippen LogP contribution in [-0.2, 0) is 23.8 Å². The number of piperidine rings is 1. The van der Waals surface area contributed by atoms with Gasteiger partial charge in [-0.3, -0.25) is 9.48 Å². The number of halogens is 4. The maximum Gasteiger partial charge on any atom is 0.436 e. The number of alkyl halides is 3. The first-order chi connectivity index (χ1) is 16.1. The van der Waals surface area contributed by atoms with Gasteiger partial charge in [-0.2, -0.15) is 18.3 Å². The van der Waals surface area contributed by atoms with Crippen LogP contribution in [0.1, 0.15) is 59.4 Å². The van der Waals surface area contributed by atoms with Crippen molar-refractivity contribution in [3.63, 3.8) is 0 Å². The summed E-state index contributed by atoms with van der Waals surface area (Å²) in [5.74, 6) is 0.0321. The lowest BCUT2D eigenvalue weighted by Crippen LogP contribution is -2.41. The number of hydrogen-bond acceptors (Lipinski definition) is 4. The Bertz CT molecular complexity index is 1140. The van der Waals surface area contributed by atoms with Gasteiger partial charge in [-0.15, -0.1) is 11.3 Å². The molecule has 0 radical (unpaired) electrons. The summed E-state index contributed by atoms with van der Waals surface area (Å²) in [5.41, 5.74) is 1.35. The normalized spacial score (nSPS) is 16.1. The van der Waals surface area contributed by atoms with Gasteiger partial charge in [0, 0.05) is 24.4 Å². The number of carbonyl (C=O) groups excluding carboxylic acids is 1. The van der Waals surface area contributed by atoms with Crippen molar-refractivity contribution in [3.8, 4) is 0 Å². The van der Waals surface area contributed by atoms with Gasteiger partial charge in [0.15, 0.2) is 5.69 Å². The molecule has 1 saturated heterocycles. The minimum atomic E-state index is -4.66. The minimum Gasteiger partial charge on any atom is -0.341 e. The highest BCUT2D eigenvalue weighted by atomic mass is 35.5. The summed E-state index contributed by atoms with van der Waals surface area (Å²) in [6.07, 6.45) is -1.28. The summed E-state index contributed by atoms with van der Waals surface area (Å²) in [6.45, 7) is 4.07. The van der Waals surface area contributed by atoms with Gasteiger partial charge < -0.3 is 4.90 Å². The number of rotatable bonds is 6. The molecule has 0 aliphatic carbocycles. The molecule has 0 spiro atoms. The standard InChI is InChI=1S/C24H26ClF3N4OS/c1-15-20(25)21(24(26,27)28)30-32(15)16(2)23(33)31-12-10-18(11-13-31)22-29-19(14-34-22)9-8-17-6-4-3-5-7-17/h3-7,14,16,18H,8-13H2,1-2H3. The molecule has 5 nitrogen and oxygen atoms in total. The summed E-state index contributed by atoms with van der Waals surface area (Å²) < 4.78 is 40.5. The van der Waals surface area contributed by atoms with E-state index in [4.69, 9.17) is 16.6 Å². The zero-order chi connectivity index (χ0) is 24.5. The average Bonchev–Trinajstić information content (AvgIpc) is 3.42. The Morgan fingerprint density at radius 2 is 1.88 bits per heavy atom. The van der Waals surface area contributed by atoms with Crippen LogP contribution in [0, 0.1) is 6.92 Å². The van der Waals surface area contributed by atoms with Gasteiger partial charge >= 0.3 is 6.18 Å². The van der Waals surface area contributed by atoms with Crippen LogP contribution in [0.4, 0.5) is 13.2 Å². The van der Waals surface area contributed by atoms with E-state index in [9.17, 15) is 18.0 Å². The van der Waals surface area contributed by atoms with E-state index in [1.165, 1.54) is 12.5 Å².